The molecule has 7 nitrogen and oxygen atoms in total. The Kier molecular flexibility index (Phi) is 19.8. The molecule has 0 aliphatic heterocycles. The lowest BCUT2D eigenvalue weighted by Crippen LogP contribution is -2.55. The number of carboxylic acids is 1. The second-order valence-corrected chi connectivity index (χ2v) is 37.6. The van der Waals surface area contributed by atoms with Crippen LogP contribution in [0.2, 0.25) is 54.4 Å². The van der Waals surface area contributed by atoms with Crippen molar-refractivity contribution < 1.29 is 28.0 Å². The first kappa shape index (κ1) is 54.5. The van der Waals surface area contributed by atoms with Crippen LogP contribution in [0.4, 0.5) is 0 Å². The third-order valence-corrected chi connectivity index (χ3v) is 27.9. The van der Waals surface area contributed by atoms with Crippen molar-refractivity contribution in [1.29, 1.82) is 0 Å². The zero-order valence-corrected chi connectivity index (χ0v) is 44.8. The Hall–Kier alpha value is -1.48. The number of aromatic nitrogens is 1. The summed E-state index contributed by atoms with van der Waals surface area (Å²) in [4.78, 5) is 32.0. The molecule has 0 saturated carbocycles. The van der Waals surface area contributed by atoms with Gasteiger partial charge >= 0.3 is 5.97 Å². The van der Waals surface area contributed by atoms with Crippen molar-refractivity contribution >= 4 is 54.1 Å². The zero-order valence-electron chi connectivity index (χ0n) is 41.0. The number of thiazole rings is 1. The second kappa shape index (κ2) is 21.1. The van der Waals surface area contributed by atoms with Crippen molar-refractivity contribution in [2.75, 3.05) is 0 Å². The average Bonchev–Trinajstić information content (AvgIpc) is 3.45. The van der Waals surface area contributed by atoms with Gasteiger partial charge < -0.3 is 18.4 Å². The van der Waals surface area contributed by atoms with Gasteiger partial charge in [0, 0.05) is 16.7 Å². The van der Waals surface area contributed by atoms with Crippen molar-refractivity contribution in [3.8, 4) is 0 Å². The molecule has 1 heterocycles. The fourth-order valence-corrected chi connectivity index (χ4v) is 11.2. The summed E-state index contributed by atoms with van der Waals surface area (Å²) in [7, 11) is -6.80. The first-order valence-electron chi connectivity index (χ1n) is 21.7. The molecule has 1 N–H and O–H groups in total. The van der Waals surface area contributed by atoms with Crippen LogP contribution in [-0.4, -0.2) is 65.1 Å². The van der Waals surface area contributed by atoms with E-state index in [0.29, 0.717) is 6.42 Å². The number of hydrogen-bond donors (Lipinski definition) is 1. The van der Waals surface area contributed by atoms with Crippen LogP contribution < -0.4 is 0 Å². The highest BCUT2D eigenvalue weighted by Crippen LogP contribution is 2.45. The lowest BCUT2D eigenvalue weighted by Gasteiger charge is -2.47. The molecule has 0 aromatic carbocycles. The van der Waals surface area contributed by atoms with Crippen LogP contribution in [0.5, 0.6) is 0 Å². The number of carbonyl (C=O) groups excluding carboxylic acids is 1. The molecule has 1 aromatic heterocycles. The largest absolute Gasteiger partial charge is 0.481 e. The summed E-state index contributed by atoms with van der Waals surface area (Å²) in [5, 5.41) is 13.1. The number of hydrogen-bond acceptors (Lipinski definition) is 7. The zero-order chi connectivity index (χ0) is 45.5. The maximum atomic E-state index is 15.1. The van der Waals surface area contributed by atoms with Gasteiger partial charge in [-0.1, -0.05) is 101 Å². The predicted molar refractivity (Wildman–Crippen MR) is 257 cm³/mol. The van der Waals surface area contributed by atoms with Crippen molar-refractivity contribution in [2.45, 2.75) is 215 Å². The standard InChI is InChI=1S/C47H87NO6SSi3/c1-23-25-38(43(51)47(15,16)40(31-41(49)50)53-57(19,20)45(9,10)11)42(54-58(21,22)46(12,13)14)34(3)27-24-26-33(2)28-29-39(52-56(17,18)44(6,7)8)35(4)30-37-32-55-36(5)48-37/h23,28,30,32,34,38-40,42H,1,24-27,29,31H2,2-22H3,(H,49,50)/t34-,38+,39-,40-,42-/m0/s1. The van der Waals surface area contributed by atoms with Gasteiger partial charge in [0.2, 0.25) is 0 Å². The highest BCUT2D eigenvalue weighted by Gasteiger charge is 2.50. The molecule has 0 spiro atoms. The molecule has 0 bridgehead atoms. The smallest absolute Gasteiger partial charge is 0.305 e. The third-order valence-electron chi connectivity index (χ3n) is 13.7. The molecule has 0 fully saturated rings. The van der Waals surface area contributed by atoms with Crippen LogP contribution in [0.1, 0.15) is 146 Å². The van der Waals surface area contributed by atoms with E-state index in [1.165, 1.54) is 11.1 Å². The summed E-state index contributed by atoms with van der Waals surface area (Å²) in [6, 6.07) is 0. The average molecular weight is 879 g/mol. The molecule has 0 aliphatic carbocycles. The van der Waals surface area contributed by atoms with E-state index in [9.17, 15) is 9.90 Å². The minimum absolute atomic E-state index is 0.00648. The van der Waals surface area contributed by atoms with E-state index < -0.39 is 48.4 Å². The molecule has 11 heteroatoms. The number of nitrogens with zero attached hydrogens (tertiary/aromatic N) is 1. The Balaban J connectivity index is 3.50. The Labute approximate surface area is 363 Å². The fourth-order valence-electron chi connectivity index (χ4n) is 6.36. The van der Waals surface area contributed by atoms with Gasteiger partial charge in [0.25, 0.3) is 0 Å². The maximum absolute atomic E-state index is 15.1. The van der Waals surface area contributed by atoms with Gasteiger partial charge in [-0.15, -0.1) is 17.9 Å². The molecular weight excluding hydrogens is 791 g/mol. The molecule has 334 valence electrons. The van der Waals surface area contributed by atoms with E-state index in [0.717, 1.165) is 36.4 Å². The van der Waals surface area contributed by atoms with E-state index in [1.807, 2.05) is 26.8 Å². The number of allylic oxidation sites excluding steroid dienone is 2. The Morgan fingerprint density at radius 3 is 1.79 bits per heavy atom. The Morgan fingerprint density at radius 1 is 0.845 bits per heavy atom. The molecule has 0 aliphatic rings. The highest BCUT2D eigenvalue weighted by molar-refractivity contribution is 7.09. The van der Waals surface area contributed by atoms with Crippen LogP contribution in [0.3, 0.4) is 0 Å². The van der Waals surface area contributed by atoms with Gasteiger partial charge in [-0.25, -0.2) is 4.98 Å². The summed E-state index contributed by atoms with van der Waals surface area (Å²) in [6.07, 6.45) is 9.01. The van der Waals surface area contributed by atoms with Crippen LogP contribution in [0.15, 0.2) is 35.3 Å². The molecule has 58 heavy (non-hydrogen) atoms. The van der Waals surface area contributed by atoms with E-state index >= 15 is 4.79 Å². The number of carbonyl (C=O) groups is 2. The summed E-state index contributed by atoms with van der Waals surface area (Å²) < 4.78 is 21.1. The lowest BCUT2D eigenvalue weighted by molar-refractivity contribution is -0.146. The van der Waals surface area contributed by atoms with Crippen molar-refractivity contribution in [2.24, 2.45) is 17.3 Å². The topological polar surface area (TPSA) is 95.0 Å². The van der Waals surface area contributed by atoms with Crippen molar-refractivity contribution in [1.82, 2.24) is 4.98 Å². The molecular formula is C47H87NO6SSi3. The first-order valence-corrected chi connectivity index (χ1v) is 31.3. The van der Waals surface area contributed by atoms with Crippen molar-refractivity contribution in [3.05, 3.63) is 46.0 Å². The Bertz CT molecular complexity index is 1570. The minimum atomic E-state index is -2.42. The number of aryl methyl sites for hydroxylation is 1. The van der Waals surface area contributed by atoms with Gasteiger partial charge in [0.1, 0.15) is 5.78 Å². The summed E-state index contributed by atoms with van der Waals surface area (Å²) in [5.74, 6) is -1.38. The van der Waals surface area contributed by atoms with E-state index in [4.69, 9.17) is 18.3 Å². The summed E-state index contributed by atoms with van der Waals surface area (Å²) >= 11 is 1.67. The molecule has 0 amide bonds. The van der Waals surface area contributed by atoms with Gasteiger partial charge in [0.15, 0.2) is 25.0 Å². The molecule has 0 radical (unpaired) electrons. The number of rotatable bonds is 23. The number of Topliss-reactive ketones (excluding diaryl/α,β-unsaturated/α-hetero) is 1. The van der Waals surface area contributed by atoms with Gasteiger partial charge in [-0.2, -0.15) is 0 Å². The second-order valence-electron chi connectivity index (χ2n) is 22.2. The summed E-state index contributed by atoms with van der Waals surface area (Å²) in [5.41, 5.74) is 2.45. The Morgan fingerprint density at radius 2 is 1.34 bits per heavy atom. The lowest BCUT2D eigenvalue weighted by atomic mass is 9.71. The number of ketones is 1. The third kappa shape index (κ3) is 15.8. The molecule has 0 unspecified atom stereocenters. The van der Waals surface area contributed by atoms with Gasteiger partial charge in [0.05, 0.1) is 35.4 Å². The van der Waals surface area contributed by atoms with Crippen molar-refractivity contribution in [3.63, 3.8) is 0 Å². The normalized spacial score (nSPS) is 17.1. The van der Waals surface area contributed by atoms with Crippen LogP contribution >= 0.6 is 11.3 Å². The van der Waals surface area contributed by atoms with E-state index in [-0.39, 0.29) is 45.4 Å². The quantitative estimate of drug-likeness (QED) is 0.0864. The highest BCUT2D eigenvalue weighted by atomic mass is 32.1. The summed E-state index contributed by atoms with van der Waals surface area (Å²) in [6.45, 7) is 49.9. The van der Waals surface area contributed by atoms with Crippen LogP contribution in [0.25, 0.3) is 6.08 Å². The van der Waals surface area contributed by atoms with Crippen LogP contribution in [0, 0.1) is 24.2 Å². The monoisotopic (exact) mass is 878 g/mol. The van der Waals surface area contributed by atoms with Gasteiger partial charge in [-0.3, -0.25) is 9.59 Å². The van der Waals surface area contributed by atoms with E-state index in [2.05, 4.69) is 146 Å². The molecule has 1 rings (SSSR count). The number of aliphatic carboxylic acids is 1. The molecule has 5 atom stereocenters. The molecule has 0 saturated heterocycles. The fraction of sp³-hybridized carbons (Fsp3) is 0.766. The predicted octanol–water partition coefficient (Wildman–Crippen LogP) is 14.4. The van der Waals surface area contributed by atoms with Gasteiger partial charge in [-0.05, 0) is 125 Å². The first-order chi connectivity index (χ1) is 26.0. The molecule has 1 aromatic rings. The SMILES string of the molecule is C=CC[C@@H](C(=O)C(C)(C)[C@H](CC(=O)O)O[Si](C)(C)C(C)(C)C)[C@@H](O[Si](C)(C)C(C)(C)C)[C@@H](C)CCCC(C)=CC[C@H](O[Si](C)(C)C(C)(C)C)C(C)=Cc1csc(C)n1. The maximum Gasteiger partial charge on any atom is 0.305 e. The minimum Gasteiger partial charge on any atom is -0.481 e. The number of carboxylic acid groups (broad SMARTS) is 1. The van der Waals surface area contributed by atoms with E-state index in [1.54, 1.807) is 11.3 Å². The van der Waals surface area contributed by atoms with Crippen LogP contribution in [-0.2, 0) is 22.9 Å².